The Hall–Kier alpha value is -0.670. The monoisotopic (exact) mass is 184 g/mol. The zero-order valence-electron chi connectivity index (χ0n) is 8.29. The van der Waals surface area contributed by atoms with E-state index in [1.54, 1.807) is 6.92 Å². The van der Waals surface area contributed by atoms with Crippen LogP contribution in [0.2, 0.25) is 0 Å². The number of hydrogen-bond donors (Lipinski definition) is 2. The molecule has 3 heteroatoms. The van der Waals surface area contributed by atoms with Crippen molar-refractivity contribution in [3.8, 4) is 0 Å². The van der Waals surface area contributed by atoms with Crippen molar-refractivity contribution in [1.29, 1.82) is 0 Å². The second-order valence-electron chi connectivity index (χ2n) is 4.25. The number of aliphatic hydroxyl groups is 2. The van der Waals surface area contributed by atoms with E-state index in [2.05, 4.69) is 0 Å². The van der Waals surface area contributed by atoms with Crippen molar-refractivity contribution in [3.63, 3.8) is 0 Å². The number of aliphatic hydroxyl groups excluding tert-OH is 2. The Morgan fingerprint density at radius 1 is 1.54 bits per heavy atom. The quantitative estimate of drug-likeness (QED) is 0.588. The first kappa shape index (κ1) is 10.4. The molecule has 0 bridgehead atoms. The van der Waals surface area contributed by atoms with E-state index in [1.807, 2.05) is 13.8 Å². The van der Waals surface area contributed by atoms with Gasteiger partial charge in [-0.25, -0.2) is 0 Å². The summed E-state index contributed by atoms with van der Waals surface area (Å²) in [7, 11) is 0. The first-order valence-corrected chi connectivity index (χ1v) is 4.42. The predicted molar refractivity (Wildman–Crippen MR) is 49.2 cm³/mol. The van der Waals surface area contributed by atoms with Gasteiger partial charge in [0.15, 0.2) is 5.78 Å². The predicted octanol–water partition coefficient (Wildman–Crippen LogP) is 0.655. The van der Waals surface area contributed by atoms with E-state index >= 15 is 0 Å². The Bertz CT molecular complexity index is 263. The number of ketones is 1. The van der Waals surface area contributed by atoms with Gasteiger partial charge in [-0.2, -0.15) is 0 Å². The fourth-order valence-electron chi connectivity index (χ4n) is 1.92. The highest BCUT2D eigenvalue weighted by atomic mass is 16.3. The van der Waals surface area contributed by atoms with Gasteiger partial charge < -0.3 is 10.2 Å². The van der Waals surface area contributed by atoms with E-state index in [4.69, 9.17) is 5.11 Å². The molecule has 0 aromatic carbocycles. The Balaban J connectivity index is 3.16. The number of rotatable bonds is 1. The smallest absolute Gasteiger partial charge is 0.166 e. The van der Waals surface area contributed by atoms with Crippen LogP contribution >= 0.6 is 0 Å². The Morgan fingerprint density at radius 2 is 2.08 bits per heavy atom. The van der Waals surface area contributed by atoms with Gasteiger partial charge >= 0.3 is 0 Å². The summed E-state index contributed by atoms with van der Waals surface area (Å²) < 4.78 is 0. The van der Waals surface area contributed by atoms with Gasteiger partial charge in [0.1, 0.15) is 6.10 Å². The molecule has 0 aliphatic heterocycles. The summed E-state index contributed by atoms with van der Waals surface area (Å²) in [5.74, 6) is -0.153. The van der Waals surface area contributed by atoms with Crippen LogP contribution in [0.25, 0.3) is 0 Å². The van der Waals surface area contributed by atoms with E-state index in [0.29, 0.717) is 12.0 Å². The van der Waals surface area contributed by atoms with Gasteiger partial charge in [-0.3, -0.25) is 4.79 Å². The molecule has 0 fully saturated rings. The molecular weight excluding hydrogens is 168 g/mol. The molecule has 0 saturated carbocycles. The highest BCUT2D eigenvalue weighted by molar-refractivity contribution is 5.88. The van der Waals surface area contributed by atoms with E-state index in [-0.39, 0.29) is 17.8 Å². The number of hydrogen-bond acceptors (Lipinski definition) is 3. The molecule has 0 saturated heterocycles. The lowest BCUT2D eigenvalue weighted by Gasteiger charge is -2.34. The summed E-state index contributed by atoms with van der Waals surface area (Å²) in [6.45, 7) is 5.44. The van der Waals surface area contributed by atoms with Crippen LogP contribution in [0.15, 0.2) is 11.1 Å². The fourth-order valence-corrected chi connectivity index (χ4v) is 1.92. The average Bonchev–Trinajstić information content (AvgIpc) is 2.00. The van der Waals surface area contributed by atoms with Crippen molar-refractivity contribution in [1.82, 2.24) is 0 Å². The summed E-state index contributed by atoms with van der Waals surface area (Å²) in [6.07, 6.45) is -0.698. The van der Waals surface area contributed by atoms with Crippen LogP contribution in [-0.4, -0.2) is 28.7 Å². The Kier molecular flexibility index (Phi) is 2.59. The molecule has 0 aromatic rings. The molecule has 2 N–H and O–H groups in total. The van der Waals surface area contributed by atoms with Gasteiger partial charge in [-0.15, -0.1) is 0 Å². The van der Waals surface area contributed by atoms with Crippen LogP contribution in [0.5, 0.6) is 0 Å². The van der Waals surface area contributed by atoms with Gasteiger partial charge in [-0.1, -0.05) is 13.8 Å². The minimum absolute atomic E-state index is 0.0802. The summed E-state index contributed by atoms with van der Waals surface area (Å²) in [4.78, 5) is 11.3. The first-order valence-electron chi connectivity index (χ1n) is 4.42. The molecule has 1 aliphatic rings. The van der Waals surface area contributed by atoms with Crippen molar-refractivity contribution in [2.75, 3.05) is 6.61 Å². The first-order chi connectivity index (χ1) is 5.90. The van der Waals surface area contributed by atoms with Crippen molar-refractivity contribution < 1.29 is 15.0 Å². The number of carbonyl (C=O) groups excluding carboxylic acids is 1. The molecule has 0 radical (unpaired) electrons. The maximum Gasteiger partial charge on any atom is 0.166 e. The van der Waals surface area contributed by atoms with Gasteiger partial charge in [0.05, 0.1) is 6.61 Å². The number of carbonyl (C=O) groups is 1. The van der Waals surface area contributed by atoms with Crippen LogP contribution in [-0.2, 0) is 4.79 Å². The van der Waals surface area contributed by atoms with Crippen LogP contribution in [0.1, 0.15) is 27.2 Å². The zero-order valence-corrected chi connectivity index (χ0v) is 8.29. The molecular formula is C10H16O3. The normalized spacial score (nSPS) is 28.1. The highest BCUT2D eigenvalue weighted by Crippen LogP contribution is 2.38. The minimum Gasteiger partial charge on any atom is -0.392 e. The standard InChI is InChI=1S/C10H16O3/c1-6-7(5-11)10(2,3)4-8(12)9(6)13/h9,11,13H,4-5H2,1-3H3. The van der Waals surface area contributed by atoms with E-state index in [0.717, 1.165) is 5.57 Å². The molecule has 13 heavy (non-hydrogen) atoms. The van der Waals surface area contributed by atoms with Gasteiger partial charge in [0.2, 0.25) is 0 Å². The van der Waals surface area contributed by atoms with Crippen molar-refractivity contribution in [2.24, 2.45) is 5.41 Å². The molecule has 3 nitrogen and oxygen atoms in total. The molecule has 0 amide bonds. The van der Waals surface area contributed by atoms with Crippen LogP contribution in [0, 0.1) is 5.41 Å². The third kappa shape index (κ3) is 1.67. The van der Waals surface area contributed by atoms with Gasteiger partial charge in [-0.05, 0) is 23.5 Å². The summed E-state index contributed by atoms with van der Waals surface area (Å²) >= 11 is 0. The molecule has 1 unspecified atom stereocenters. The molecule has 1 aliphatic carbocycles. The third-order valence-corrected chi connectivity index (χ3v) is 2.78. The minimum atomic E-state index is -1.00. The fraction of sp³-hybridized carbons (Fsp3) is 0.700. The lowest BCUT2D eigenvalue weighted by atomic mass is 9.71. The maximum absolute atomic E-state index is 11.3. The molecule has 1 rings (SSSR count). The average molecular weight is 184 g/mol. The summed E-state index contributed by atoms with van der Waals surface area (Å²) in [5.41, 5.74) is 1.10. The SMILES string of the molecule is CC1=C(CO)C(C)(C)CC(=O)C1O. The lowest BCUT2D eigenvalue weighted by molar-refractivity contribution is -0.128. The molecule has 0 aromatic heterocycles. The van der Waals surface area contributed by atoms with E-state index < -0.39 is 6.10 Å². The van der Waals surface area contributed by atoms with Crippen LogP contribution < -0.4 is 0 Å². The topological polar surface area (TPSA) is 57.5 Å². The lowest BCUT2D eigenvalue weighted by Crippen LogP contribution is -2.37. The number of Topliss-reactive ketones (excluding diaryl/α,β-unsaturated/α-hetero) is 1. The highest BCUT2D eigenvalue weighted by Gasteiger charge is 2.37. The van der Waals surface area contributed by atoms with Crippen LogP contribution in [0.3, 0.4) is 0 Å². The Morgan fingerprint density at radius 3 is 2.54 bits per heavy atom. The van der Waals surface area contributed by atoms with Gasteiger partial charge in [0.25, 0.3) is 0 Å². The summed E-state index contributed by atoms with van der Waals surface area (Å²) in [6, 6.07) is 0. The van der Waals surface area contributed by atoms with Crippen molar-refractivity contribution in [3.05, 3.63) is 11.1 Å². The van der Waals surface area contributed by atoms with Gasteiger partial charge in [0, 0.05) is 6.42 Å². The third-order valence-electron chi connectivity index (χ3n) is 2.78. The Labute approximate surface area is 78.1 Å². The second-order valence-corrected chi connectivity index (χ2v) is 4.25. The van der Waals surface area contributed by atoms with Crippen molar-refractivity contribution >= 4 is 5.78 Å². The second kappa shape index (κ2) is 3.24. The van der Waals surface area contributed by atoms with Crippen molar-refractivity contribution in [2.45, 2.75) is 33.3 Å². The molecule has 0 spiro atoms. The molecule has 74 valence electrons. The zero-order chi connectivity index (χ0) is 10.2. The molecule has 1 atom stereocenters. The largest absolute Gasteiger partial charge is 0.392 e. The summed E-state index contributed by atoms with van der Waals surface area (Å²) in [5, 5.41) is 18.6. The van der Waals surface area contributed by atoms with E-state index in [9.17, 15) is 9.90 Å². The molecule has 0 heterocycles. The van der Waals surface area contributed by atoms with Crippen LogP contribution in [0.4, 0.5) is 0 Å². The maximum atomic E-state index is 11.3. The van der Waals surface area contributed by atoms with E-state index in [1.165, 1.54) is 0 Å².